The normalized spacial score (nSPS) is 15.2. The molecule has 4 N–H and O–H groups in total. The maximum absolute atomic E-state index is 13.2. The average Bonchev–Trinajstić information content (AvgIpc) is 3.78. The molecule has 0 radical (unpaired) electrons. The number of fused-ring (bicyclic) bond motifs is 2. The molecule has 322 valence electrons. The van der Waals surface area contributed by atoms with E-state index in [9.17, 15) is 14.4 Å². The summed E-state index contributed by atoms with van der Waals surface area (Å²) in [6.07, 6.45) is 6.64. The number of ether oxygens (including phenoxy) is 4. The van der Waals surface area contributed by atoms with Crippen molar-refractivity contribution in [1.82, 2.24) is 29.5 Å². The number of likely N-dealkylation sites (tertiary alicyclic amines) is 1. The molecule has 1 atom stereocenters. The van der Waals surface area contributed by atoms with Crippen molar-refractivity contribution in [3.63, 3.8) is 0 Å². The molecule has 1 fully saturated rings. The third-order valence-corrected chi connectivity index (χ3v) is 10.9. The SMILES string of the molecule is CC(C)(C)OC(=O)CCC(C(N)=O)N1Cc2cc(OCCOCCCCCN3CCC(n4nc(-c5ccc(Oc6ccccc6)cc5)c5c(N)ncnc54)CC3)ccc2C1=O. The number of piperidine rings is 1. The molecular formula is C46H56N8O7. The predicted octanol–water partition coefficient (Wildman–Crippen LogP) is 6.70. The number of benzene rings is 3. The van der Waals surface area contributed by atoms with Gasteiger partial charge in [-0.05, 0) is 126 Å². The van der Waals surface area contributed by atoms with E-state index in [0.29, 0.717) is 37.0 Å². The zero-order valence-corrected chi connectivity index (χ0v) is 35.3. The first kappa shape index (κ1) is 43.0. The molecular weight excluding hydrogens is 777 g/mol. The Bertz CT molecular complexity index is 2290. The molecule has 2 aromatic heterocycles. The standard InChI is InChI=1S/C46H56N8O7/c1-46(2,3)61-39(55)19-18-38(43(48)56)53-29-32-28-36(16-17-37(32)45(53)57)59-27-26-58-25-9-5-8-22-52-23-20-33(21-24-52)54-44-40(42(47)49-30-50-44)41(51-54)31-12-14-35(15-13-31)60-34-10-6-4-7-11-34/h4,6-7,10-17,28,30,33,38H,5,8-9,18-27,29H2,1-3H3,(H2,48,56)(H2,47,49,50). The van der Waals surface area contributed by atoms with Crippen LogP contribution < -0.4 is 20.9 Å². The molecule has 1 unspecified atom stereocenters. The van der Waals surface area contributed by atoms with Crippen LogP contribution in [-0.4, -0.2) is 98.4 Å². The topological polar surface area (TPSA) is 190 Å². The number of unbranched alkanes of at least 4 members (excludes halogenated alkanes) is 2. The van der Waals surface area contributed by atoms with Crippen molar-refractivity contribution < 1.29 is 33.3 Å². The van der Waals surface area contributed by atoms with Crippen molar-refractivity contribution in [2.45, 2.75) is 89.9 Å². The van der Waals surface area contributed by atoms with Crippen molar-refractivity contribution >= 4 is 34.6 Å². The van der Waals surface area contributed by atoms with Crippen LogP contribution >= 0.6 is 0 Å². The second-order valence-corrected chi connectivity index (χ2v) is 16.6. The Morgan fingerprint density at radius 3 is 2.36 bits per heavy atom. The Hall–Kier alpha value is -6.06. The molecule has 4 heterocycles. The van der Waals surface area contributed by atoms with Gasteiger partial charge < -0.3 is 40.2 Å². The van der Waals surface area contributed by atoms with E-state index in [1.165, 1.54) is 11.2 Å². The summed E-state index contributed by atoms with van der Waals surface area (Å²) in [5.41, 5.74) is 15.1. The van der Waals surface area contributed by atoms with Crippen LogP contribution in [0.1, 0.15) is 87.7 Å². The minimum Gasteiger partial charge on any atom is -0.491 e. The number of hydrogen-bond donors (Lipinski definition) is 2. The van der Waals surface area contributed by atoms with Crippen LogP contribution in [0.3, 0.4) is 0 Å². The van der Waals surface area contributed by atoms with E-state index in [1.54, 1.807) is 32.9 Å². The number of primary amides is 1. The largest absolute Gasteiger partial charge is 0.491 e. The van der Waals surface area contributed by atoms with Crippen molar-refractivity contribution in [1.29, 1.82) is 0 Å². The molecule has 0 aliphatic carbocycles. The molecule has 0 bridgehead atoms. The number of carbonyl (C=O) groups excluding carboxylic acids is 3. The lowest BCUT2D eigenvalue weighted by Crippen LogP contribution is -2.45. The molecule has 15 nitrogen and oxygen atoms in total. The summed E-state index contributed by atoms with van der Waals surface area (Å²) in [7, 11) is 0. The second kappa shape index (κ2) is 19.5. The smallest absolute Gasteiger partial charge is 0.306 e. The number of esters is 1. The van der Waals surface area contributed by atoms with E-state index in [1.807, 2.05) is 65.3 Å². The first-order valence-corrected chi connectivity index (χ1v) is 21.1. The number of rotatable bonds is 19. The van der Waals surface area contributed by atoms with Gasteiger partial charge in [-0.15, -0.1) is 0 Å². The summed E-state index contributed by atoms with van der Waals surface area (Å²) in [6.45, 7) is 9.99. The van der Waals surface area contributed by atoms with Crippen LogP contribution in [0.25, 0.3) is 22.3 Å². The van der Waals surface area contributed by atoms with Gasteiger partial charge in [0.2, 0.25) is 5.91 Å². The second-order valence-electron chi connectivity index (χ2n) is 16.6. The Morgan fingerprint density at radius 2 is 1.62 bits per heavy atom. The van der Waals surface area contributed by atoms with Crippen LogP contribution in [0, 0.1) is 0 Å². The zero-order valence-electron chi connectivity index (χ0n) is 35.3. The fourth-order valence-corrected chi connectivity index (χ4v) is 7.94. The van der Waals surface area contributed by atoms with Crippen LogP contribution in [-0.2, 0) is 25.6 Å². The van der Waals surface area contributed by atoms with Gasteiger partial charge in [0, 0.05) is 43.8 Å². The van der Waals surface area contributed by atoms with E-state index in [4.69, 9.17) is 35.5 Å². The van der Waals surface area contributed by atoms with E-state index >= 15 is 0 Å². The number of nitrogens with zero attached hydrogens (tertiary/aromatic N) is 6. The van der Waals surface area contributed by atoms with Gasteiger partial charge in [0.05, 0.1) is 18.0 Å². The lowest BCUT2D eigenvalue weighted by atomic mass is 10.0. The summed E-state index contributed by atoms with van der Waals surface area (Å²) in [6, 6.07) is 22.1. The van der Waals surface area contributed by atoms with E-state index < -0.39 is 23.5 Å². The third-order valence-electron chi connectivity index (χ3n) is 10.9. The molecule has 2 amide bonds. The number of anilines is 1. The number of hydrogen-bond acceptors (Lipinski definition) is 12. The van der Waals surface area contributed by atoms with Crippen molar-refractivity contribution in [3.05, 3.63) is 90.3 Å². The minimum absolute atomic E-state index is 0.0245. The van der Waals surface area contributed by atoms with Crippen molar-refractivity contribution in [2.75, 3.05) is 45.2 Å². The van der Waals surface area contributed by atoms with Gasteiger partial charge in [-0.3, -0.25) is 14.4 Å². The molecule has 5 aromatic rings. The van der Waals surface area contributed by atoms with Gasteiger partial charge in [-0.25, -0.2) is 14.6 Å². The molecule has 7 rings (SSSR count). The van der Waals surface area contributed by atoms with Crippen molar-refractivity contribution in [2.24, 2.45) is 5.73 Å². The van der Waals surface area contributed by atoms with Gasteiger partial charge in [0.25, 0.3) is 5.91 Å². The Morgan fingerprint density at radius 1 is 0.885 bits per heavy atom. The summed E-state index contributed by atoms with van der Waals surface area (Å²) in [5.74, 6) is 1.15. The summed E-state index contributed by atoms with van der Waals surface area (Å²) in [5, 5.41) is 5.85. The summed E-state index contributed by atoms with van der Waals surface area (Å²) >= 11 is 0. The van der Waals surface area contributed by atoms with Crippen LogP contribution in [0.4, 0.5) is 5.82 Å². The number of carbonyl (C=O) groups is 3. The number of aromatic nitrogens is 4. The fraction of sp³-hybridized carbons (Fsp3) is 0.435. The highest BCUT2D eigenvalue weighted by atomic mass is 16.6. The number of nitrogens with two attached hydrogens (primary N) is 2. The quantitative estimate of drug-likeness (QED) is 0.0663. The molecule has 0 saturated carbocycles. The maximum Gasteiger partial charge on any atom is 0.306 e. The van der Waals surface area contributed by atoms with Crippen molar-refractivity contribution in [3.8, 4) is 28.5 Å². The monoisotopic (exact) mass is 832 g/mol. The summed E-state index contributed by atoms with van der Waals surface area (Å²) in [4.78, 5) is 50.6. The number of nitrogen functional groups attached to an aromatic ring is 1. The number of para-hydroxylation sites is 1. The van der Waals surface area contributed by atoms with Gasteiger partial charge in [0.15, 0.2) is 5.65 Å². The maximum atomic E-state index is 13.2. The first-order chi connectivity index (χ1) is 29.4. The third kappa shape index (κ3) is 11.0. The molecule has 1 saturated heterocycles. The van der Waals surface area contributed by atoms with Gasteiger partial charge in [-0.2, -0.15) is 5.10 Å². The zero-order chi connectivity index (χ0) is 42.9. The Labute approximate surface area is 356 Å². The highest BCUT2D eigenvalue weighted by molar-refractivity contribution is 6.01. The van der Waals surface area contributed by atoms with Gasteiger partial charge in [-0.1, -0.05) is 18.2 Å². The number of amides is 2. The van der Waals surface area contributed by atoms with Crippen LogP contribution in [0.15, 0.2) is 79.1 Å². The van der Waals surface area contributed by atoms with E-state index in [-0.39, 0.29) is 31.3 Å². The highest BCUT2D eigenvalue weighted by Gasteiger charge is 2.36. The molecule has 2 aliphatic rings. The van der Waals surface area contributed by atoms with Gasteiger partial charge >= 0.3 is 5.97 Å². The fourth-order valence-electron chi connectivity index (χ4n) is 7.94. The van der Waals surface area contributed by atoms with Gasteiger partial charge in [0.1, 0.15) is 53.3 Å². The first-order valence-electron chi connectivity index (χ1n) is 21.1. The molecule has 15 heteroatoms. The highest BCUT2D eigenvalue weighted by Crippen LogP contribution is 2.35. The average molecular weight is 833 g/mol. The van der Waals surface area contributed by atoms with Crippen LogP contribution in [0.5, 0.6) is 17.2 Å². The minimum atomic E-state index is -0.922. The molecule has 0 spiro atoms. The predicted molar refractivity (Wildman–Crippen MR) is 231 cm³/mol. The van der Waals surface area contributed by atoms with E-state index in [0.717, 1.165) is 91.1 Å². The summed E-state index contributed by atoms with van der Waals surface area (Å²) < 4.78 is 25.2. The Balaban J connectivity index is 0.796. The lowest BCUT2D eigenvalue weighted by Gasteiger charge is -2.32. The van der Waals surface area contributed by atoms with Crippen LogP contribution in [0.2, 0.25) is 0 Å². The Kier molecular flexibility index (Phi) is 13.8. The molecule has 3 aromatic carbocycles. The molecule has 61 heavy (non-hydrogen) atoms. The lowest BCUT2D eigenvalue weighted by molar-refractivity contribution is -0.155. The molecule has 2 aliphatic heterocycles. The van der Waals surface area contributed by atoms with E-state index in [2.05, 4.69) is 14.9 Å².